The minimum atomic E-state index is -2.30. The summed E-state index contributed by atoms with van der Waals surface area (Å²) in [6.45, 7) is 3.20. The molecule has 31 N–H and O–H groups in total. The van der Waals surface area contributed by atoms with Gasteiger partial charge in [-0.3, -0.25) is 77.3 Å². The second kappa shape index (κ2) is 51.5. The molecule has 27 atom stereocenters. The second-order valence-electron chi connectivity index (χ2n) is 35.0. The van der Waals surface area contributed by atoms with Crippen molar-refractivity contribution < 1.29 is 181 Å². The Morgan fingerprint density at radius 2 is 1.18 bits per heavy atom. The molecule has 4 fully saturated rings. The molecule has 0 unspecified atom stereocenters. The SMILES string of the molecule is CC(=O)N[C@H]1[C@@H](O[C@H](C)[C@H](NC(=O)[C@@H](NC(=O)CNC(=O)[C@H](Cc2c[nH]cn2)NC(=O)[C@H](C)NC(=O)c2ccc(-c3c4ccc(=O)cc-4oc4cc(O)ccc34)c(C(=O)O)c2)C(C)C)C(=O)N[C@@H](CO)C(=O)N[C@@H](C)C(=O)N2CCC[C@H]2C(=O)N[C@@H](CC(=O)O)C(=O)N[C@H](C(=O)N[C@@H](CCCNC(=N)N)C(=O)O)[C@@H](C)O)O[C@H](CO)[C@H](O)[C@@H]1O[C@@H]1O[C@H](CO)[C@@H](O)[C@H](O[C@@H]2O[C@H](CO)[C@H](O)[C@H](O)[C@H]2O)[C@H]1NC(C)=O. The van der Waals surface area contributed by atoms with E-state index in [4.69, 9.17) is 44.0 Å². The fourth-order valence-electron chi connectivity index (χ4n) is 16.4. The molecular weight excluding hydrogens is 1920 g/mol. The normalized spacial score (nSPS) is 24.3. The number of hydrogen-bond donors (Lipinski definition) is 30. The van der Waals surface area contributed by atoms with E-state index in [9.17, 15) is 143 Å². The summed E-state index contributed by atoms with van der Waals surface area (Å²) in [6.07, 6.45) is -29.2. The Kier molecular flexibility index (Phi) is 40.7. The number of aromatic nitrogens is 2. The van der Waals surface area contributed by atoms with E-state index in [1.54, 1.807) is 0 Å². The summed E-state index contributed by atoms with van der Waals surface area (Å²) in [5, 5.41) is 188. The molecule has 4 saturated heterocycles. The van der Waals surface area contributed by atoms with Crippen molar-refractivity contribution >= 4 is 112 Å². The molecule has 1 aromatic heterocycles. The highest BCUT2D eigenvalue weighted by molar-refractivity contribution is 6.10. The average Bonchev–Trinajstić information content (AvgIpc) is 1.03. The number of fused-ring (bicyclic) bond motifs is 2. The Morgan fingerprint density at radius 1 is 0.597 bits per heavy atom. The summed E-state index contributed by atoms with van der Waals surface area (Å²) >= 11 is 0. The maximum absolute atomic E-state index is 15.3. The number of aromatic carboxylic acids is 1. The lowest BCUT2D eigenvalue weighted by atomic mass is 9.90. The number of H-pyrrole nitrogens is 1. The van der Waals surface area contributed by atoms with Crippen LogP contribution in [0.15, 0.2) is 76.3 Å². The molecule has 6 aliphatic rings. The number of carboxylic acids is 3. The molecule has 2 aromatic carbocycles. The van der Waals surface area contributed by atoms with Crippen molar-refractivity contribution in [2.24, 2.45) is 11.7 Å². The lowest BCUT2D eigenvalue weighted by Gasteiger charge is -2.50. The average molecular weight is 2040 g/mol. The fourth-order valence-corrected chi connectivity index (χ4v) is 16.4. The van der Waals surface area contributed by atoms with E-state index in [-0.39, 0.29) is 78.2 Å². The quantitative estimate of drug-likeness (QED) is 0.00744. The second-order valence-corrected chi connectivity index (χ2v) is 35.0. The maximum atomic E-state index is 15.3. The van der Waals surface area contributed by atoms with Crippen LogP contribution in [-0.4, -0.2) is 398 Å². The summed E-state index contributed by atoms with van der Waals surface area (Å²) in [5.41, 5.74) is 4.99. The van der Waals surface area contributed by atoms with Crippen LogP contribution in [-0.2, 0) is 102 Å². The van der Waals surface area contributed by atoms with Gasteiger partial charge in [-0.15, -0.1) is 0 Å². The largest absolute Gasteiger partial charge is 0.508 e. The van der Waals surface area contributed by atoms with Gasteiger partial charge in [-0.1, -0.05) is 19.9 Å². The van der Waals surface area contributed by atoms with Crippen molar-refractivity contribution in [3.8, 4) is 28.2 Å². The number of carbonyl (C=O) groups is 16. The molecule has 6 heterocycles. The van der Waals surface area contributed by atoms with Crippen LogP contribution in [0.25, 0.3) is 33.4 Å². The van der Waals surface area contributed by atoms with Gasteiger partial charge in [-0.25, -0.2) is 14.6 Å². The van der Waals surface area contributed by atoms with Gasteiger partial charge in [0, 0.05) is 73.8 Å². The molecule has 56 nitrogen and oxygen atoms in total. The van der Waals surface area contributed by atoms with Crippen LogP contribution in [0.3, 0.4) is 0 Å². The topological polar surface area (TPSA) is 880 Å². The third kappa shape index (κ3) is 29.3. The van der Waals surface area contributed by atoms with Crippen LogP contribution in [0.2, 0.25) is 0 Å². The number of nitrogens with zero attached hydrogens (tertiary/aromatic N) is 2. The van der Waals surface area contributed by atoms with Crippen LogP contribution in [0.1, 0.15) is 114 Å². The van der Waals surface area contributed by atoms with E-state index in [2.05, 4.69) is 79.1 Å². The molecular formula is C88H120N18O38. The summed E-state index contributed by atoms with van der Waals surface area (Å²) in [6, 6.07) is -10.7. The zero-order valence-electron chi connectivity index (χ0n) is 78.7. The number of aliphatic hydroxyl groups is 10. The molecule has 144 heavy (non-hydrogen) atoms. The maximum Gasteiger partial charge on any atom is 0.336 e. The number of benzene rings is 3. The number of phenolic OH excluding ortho intramolecular Hbond substituents is 1. The molecule has 0 spiro atoms. The minimum absolute atomic E-state index is 0.0110. The first-order chi connectivity index (χ1) is 68.0. The van der Waals surface area contributed by atoms with Gasteiger partial charge in [0.15, 0.2) is 30.3 Å². The van der Waals surface area contributed by atoms with Gasteiger partial charge < -0.3 is 189 Å². The first kappa shape index (κ1) is 114. The van der Waals surface area contributed by atoms with Crippen molar-refractivity contribution in [3.05, 3.63) is 94.2 Å². The predicted octanol–water partition coefficient (Wildman–Crippen LogP) is -10.9. The summed E-state index contributed by atoms with van der Waals surface area (Å²) in [7, 11) is 0. The molecule has 13 amide bonds. The van der Waals surface area contributed by atoms with E-state index >= 15 is 9.59 Å². The van der Waals surface area contributed by atoms with Gasteiger partial charge in [0.1, 0.15) is 151 Å². The summed E-state index contributed by atoms with van der Waals surface area (Å²) < 4.78 is 42.1. The number of guanidine groups is 1. The number of hydrogen-bond acceptors (Lipinski definition) is 37. The summed E-state index contributed by atoms with van der Waals surface area (Å²) in [5.74, 6) is -21.5. The third-order valence-corrected chi connectivity index (χ3v) is 23.8. The highest BCUT2D eigenvalue weighted by Gasteiger charge is 2.56. The van der Waals surface area contributed by atoms with Gasteiger partial charge in [-0.05, 0) is 101 Å². The number of amides is 13. The molecule has 5 aliphatic heterocycles. The number of aromatic amines is 1. The van der Waals surface area contributed by atoms with Crippen LogP contribution in [0.5, 0.6) is 5.75 Å². The lowest BCUT2D eigenvalue weighted by Crippen LogP contribution is -2.71. The molecule has 790 valence electrons. The summed E-state index contributed by atoms with van der Waals surface area (Å²) in [4.78, 5) is 241. The molecule has 9 rings (SSSR count). The zero-order valence-corrected chi connectivity index (χ0v) is 78.7. The van der Waals surface area contributed by atoms with Gasteiger partial charge in [0.2, 0.25) is 70.9 Å². The molecule has 56 heteroatoms. The Bertz CT molecular complexity index is 5480. The number of carboxylic acid groups (broad SMARTS) is 3. The van der Waals surface area contributed by atoms with Crippen molar-refractivity contribution in [1.29, 1.82) is 5.41 Å². The molecule has 0 radical (unpaired) electrons. The lowest BCUT2D eigenvalue weighted by molar-refractivity contribution is -0.359. The van der Waals surface area contributed by atoms with Crippen molar-refractivity contribution in [3.63, 3.8) is 0 Å². The van der Waals surface area contributed by atoms with E-state index < -0.39 is 328 Å². The highest BCUT2D eigenvalue weighted by atomic mass is 16.7. The number of rotatable bonds is 47. The van der Waals surface area contributed by atoms with Crippen molar-refractivity contribution in [2.45, 2.75) is 259 Å². The van der Waals surface area contributed by atoms with Gasteiger partial charge >= 0.3 is 17.9 Å². The van der Waals surface area contributed by atoms with Crippen LogP contribution in [0, 0.1) is 11.3 Å². The van der Waals surface area contributed by atoms with Gasteiger partial charge in [0.25, 0.3) is 5.91 Å². The number of carbonyl (C=O) groups excluding carboxylic acids is 13. The standard InChI is InChI=1S/C88H120N18O38/c1-33(2)61(103-58(116)27-93-75(126)49(22-41-26-91-32-94-41)100-73(124)34(3)95-74(125)40-13-16-44(47(21-40)83(134)135)60-45-17-14-42(114)23-53(45)139-54-24-43(115)15-18-46(54)60)79(130)105-63(37(6)138-85-64(97-38(7)112)71(67(120)56(30-109)140-85)143-86-65(98-39(8)113)72(68(121)57(31-110)141-86)144-87-70(123)69(122)66(119)55(29-108)142-87)81(132)102-51(28-107)77(128)96-35(4)82(133)106-20-10-12-52(106)78(129)101-50(25-59(117)118)76(127)104-62(36(5)111)80(131)99-48(84(136)137)11-9-19-92-88(89)90/h13-18,21,23-24,26,32-37,48-52,55-57,61-72,85-87,107-111,114,119-123H,9-12,19-20,22,25,27-31H2,1-8H3,(H,91,94)(H,93,126)(H,95,125)(H,96,128)(H,97,112)(H,98,113)(H,99,131)(H,100,124)(H,101,129)(H,102,132)(H,103,116)(H,104,127)(H,105,130)(H,117,118)(H,134,135)(H,136,137)(H4,89,90,92)/t34-,35-,36+,37+,48-,49-,50-,51-,52-,55+,56+,57+,61-,62-,63-,64+,65+,66-,67-,68+,69-,70+,71+,72+,85-,86-,87-/m0/s1. The fraction of sp³-hybridized carbons (Fsp3) is 0.557. The Morgan fingerprint density at radius 3 is 1.77 bits per heavy atom. The number of aliphatic hydroxyl groups excluding tert-OH is 10. The third-order valence-electron chi connectivity index (χ3n) is 23.8. The van der Waals surface area contributed by atoms with Crippen LogP contribution < -0.4 is 80.3 Å². The van der Waals surface area contributed by atoms with Gasteiger partial charge in [-0.2, -0.15) is 0 Å². The number of ether oxygens (including phenoxy) is 6. The predicted molar refractivity (Wildman–Crippen MR) is 487 cm³/mol. The first-order valence-electron chi connectivity index (χ1n) is 45.4. The number of imidazole rings is 1. The van der Waals surface area contributed by atoms with Crippen molar-refractivity contribution in [1.82, 2.24) is 84.0 Å². The molecule has 3 aromatic rings. The van der Waals surface area contributed by atoms with E-state index in [1.165, 1.54) is 81.8 Å². The monoisotopic (exact) mass is 2040 g/mol. The number of aromatic hydroxyl groups is 1. The van der Waals surface area contributed by atoms with E-state index in [0.717, 1.165) is 45.6 Å². The number of likely N-dealkylation sites (tertiary alicyclic amines) is 1. The Balaban J connectivity index is 0.951. The molecule has 0 saturated carbocycles. The Hall–Kier alpha value is -13.7. The number of nitrogens with one attached hydrogen (secondary N) is 15. The van der Waals surface area contributed by atoms with Crippen molar-refractivity contribution in [2.75, 3.05) is 46.1 Å². The number of nitrogens with two attached hydrogens (primary N) is 1. The molecule has 0 bridgehead atoms. The number of phenols is 1. The number of aliphatic carboxylic acids is 2. The first-order valence-corrected chi connectivity index (χ1v) is 45.4. The minimum Gasteiger partial charge on any atom is -0.508 e. The van der Waals surface area contributed by atoms with Crippen LogP contribution in [0.4, 0.5) is 0 Å². The van der Waals surface area contributed by atoms with Gasteiger partial charge in [0.05, 0.1) is 69.2 Å². The smallest absolute Gasteiger partial charge is 0.336 e. The van der Waals surface area contributed by atoms with E-state index in [0.29, 0.717) is 10.9 Å². The van der Waals surface area contributed by atoms with Crippen LogP contribution >= 0.6 is 0 Å². The zero-order chi connectivity index (χ0) is 106. The Labute approximate surface area is 817 Å². The van der Waals surface area contributed by atoms with E-state index in [1.807, 2.05) is 0 Å². The highest BCUT2D eigenvalue weighted by Crippen LogP contribution is 2.43. The molecule has 1 aliphatic carbocycles.